The second kappa shape index (κ2) is 7.04. The van der Waals surface area contributed by atoms with Crippen molar-refractivity contribution in [1.29, 1.82) is 0 Å². The number of hydrogen-bond acceptors (Lipinski definition) is 4. The average molecular weight is 320 g/mol. The third-order valence-electron chi connectivity index (χ3n) is 2.89. The van der Waals surface area contributed by atoms with Crippen molar-refractivity contribution >= 4 is 23.0 Å². The van der Waals surface area contributed by atoms with Crippen LogP contribution in [0.1, 0.15) is 17.7 Å². The molecule has 0 aliphatic carbocycles. The maximum Gasteiger partial charge on any atom is 0.433 e. The quantitative estimate of drug-likeness (QED) is 0.814. The second-order valence-electron chi connectivity index (χ2n) is 5.01. The van der Waals surface area contributed by atoms with Crippen molar-refractivity contribution in [3.63, 3.8) is 0 Å². The van der Waals surface area contributed by atoms with Crippen molar-refractivity contribution < 1.29 is 13.2 Å². The lowest BCUT2D eigenvalue weighted by molar-refractivity contribution is -0.141. The first-order valence-corrected chi connectivity index (χ1v) is 6.77. The van der Waals surface area contributed by atoms with Crippen LogP contribution in [0.4, 0.5) is 19.0 Å². The molecule has 0 amide bonds. The predicted octanol–water partition coefficient (Wildman–Crippen LogP) is 2.12. The van der Waals surface area contributed by atoms with Crippen LogP contribution in [-0.2, 0) is 6.18 Å². The lowest BCUT2D eigenvalue weighted by atomic mass is 10.2. The minimum absolute atomic E-state index is 0.0330. The van der Waals surface area contributed by atoms with Crippen LogP contribution in [0.25, 0.3) is 0 Å². The average Bonchev–Trinajstić information content (AvgIpc) is 2.36. The smallest absolute Gasteiger partial charge is 0.389 e. The number of pyridine rings is 1. The van der Waals surface area contributed by atoms with E-state index in [4.69, 9.17) is 18.0 Å². The summed E-state index contributed by atoms with van der Waals surface area (Å²) in [5.41, 5.74) is 4.97. The summed E-state index contributed by atoms with van der Waals surface area (Å²) in [6, 6.07) is 2.17. The minimum Gasteiger partial charge on any atom is -0.389 e. The predicted molar refractivity (Wildman–Crippen MR) is 81.6 cm³/mol. The number of hydrogen-bond donors (Lipinski definition) is 1. The summed E-state index contributed by atoms with van der Waals surface area (Å²) in [6.45, 7) is 1.38. The van der Waals surface area contributed by atoms with Crippen molar-refractivity contribution in [2.75, 3.05) is 39.1 Å². The molecular weight excluding hydrogens is 301 g/mol. The van der Waals surface area contributed by atoms with Crippen molar-refractivity contribution in [3.8, 4) is 0 Å². The molecule has 1 heterocycles. The van der Waals surface area contributed by atoms with Crippen molar-refractivity contribution in [1.82, 2.24) is 9.88 Å². The van der Waals surface area contributed by atoms with Crippen LogP contribution >= 0.6 is 12.2 Å². The fraction of sp³-hybridized carbons (Fsp3) is 0.538. The lowest BCUT2D eigenvalue weighted by Crippen LogP contribution is -2.27. The number of rotatable bonds is 6. The molecule has 1 aromatic rings. The van der Waals surface area contributed by atoms with Gasteiger partial charge < -0.3 is 15.5 Å². The molecule has 0 spiro atoms. The van der Waals surface area contributed by atoms with Crippen LogP contribution in [-0.4, -0.2) is 49.1 Å². The van der Waals surface area contributed by atoms with Crippen molar-refractivity contribution in [2.24, 2.45) is 5.73 Å². The number of nitrogens with two attached hydrogens (primary N) is 1. The van der Waals surface area contributed by atoms with E-state index in [0.29, 0.717) is 12.1 Å². The molecular formula is C13H19F3N4S. The highest BCUT2D eigenvalue weighted by Crippen LogP contribution is 2.30. The summed E-state index contributed by atoms with van der Waals surface area (Å²) in [6.07, 6.45) is -3.70. The highest BCUT2D eigenvalue weighted by Gasteiger charge is 2.33. The van der Waals surface area contributed by atoms with Gasteiger partial charge >= 0.3 is 6.18 Å². The Morgan fingerprint density at radius 3 is 2.33 bits per heavy atom. The van der Waals surface area contributed by atoms with Crippen LogP contribution in [0.2, 0.25) is 0 Å². The fourth-order valence-electron chi connectivity index (χ4n) is 1.82. The summed E-state index contributed by atoms with van der Waals surface area (Å²) in [4.78, 5) is 7.36. The van der Waals surface area contributed by atoms with Gasteiger partial charge in [0.15, 0.2) is 0 Å². The van der Waals surface area contributed by atoms with Gasteiger partial charge in [-0.2, -0.15) is 13.2 Å². The largest absolute Gasteiger partial charge is 0.433 e. The highest BCUT2D eigenvalue weighted by atomic mass is 32.1. The zero-order valence-electron chi connectivity index (χ0n) is 12.2. The zero-order valence-corrected chi connectivity index (χ0v) is 13.1. The molecule has 0 fully saturated rings. The molecule has 4 nitrogen and oxygen atoms in total. The number of halogens is 3. The maximum atomic E-state index is 12.8. The van der Waals surface area contributed by atoms with Gasteiger partial charge in [0.1, 0.15) is 16.5 Å². The van der Waals surface area contributed by atoms with Gasteiger partial charge in [0, 0.05) is 13.6 Å². The van der Waals surface area contributed by atoms with E-state index in [2.05, 4.69) is 4.98 Å². The Morgan fingerprint density at radius 2 is 1.86 bits per heavy atom. The fourth-order valence-corrected chi connectivity index (χ4v) is 1.98. The molecule has 0 aliphatic rings. The van der Waals surface area contributed by atoms with Gasteiger partial charge in [-0.15, -0.1) is 0 Å². The molecule has 0 bridgehead atoms. The summed E-state index contributed by atoms with van der Waals surface area (Å²) in [5, 5.41) is 0. The second-order valence-corrected chi connectivity index (χ2v) is 5.45. The normalized spacial score (nSPS) is 11.8. The summed E-state index contributed by atoms with van der Waals surface area (Å²) in [7, 11) is 5.55. The molecule has 0 aliphatic heterocycles. The van der Waals surface area contributed by atoms with Crippen LogP contribution in [0.5, 0.6) is 0 Å². The molecule has 0 saturated carbocycles. The van der Waals surface area contributed by atoms with Crippen molar-refractivity contribution in [3.05, 3.63) is 23.4 Å². The summed E-state index contributed by atoms with van der Waals surface area (Å²) >= 11 is 4.88. The molecule has 0 unspecified atom stereocenters. The van der Waals surface area contributed by atoms with Crippen LogP contribution < -0.4 is 10.6 Å². The zero-order chi connectivity index (χ0) is 16.2. The van der Waals surface area contributed by atoms with Gasteiger partial charge in [0.25, 0.3) is 0 Å². The minimum atomic E-state index is -4.49. The highest BCUT2D eigenvalue weighted by molar-refractivity contribution is 7.80. The van der Waals surface area contributed by atoms with E-state index in [0.717, 1.165) is 19.0 Å². The molecule has 2 N–H and O–H groups in total. The molecule has 1 aromatic heterocycles. The Balaban J connectivity index is 3.03. The van der Waals surface area contributed by atoms with Gasteiger partial charge in [0.2, 0.25) is 0 Å². The number of nitrogens with zero attached hydrogens (tertiary/aromatic N) is 3. The third kappa shape index (κ3) is 5.13. The molecule has 0 saturated heterocycles. The van der Waals surface area contributed by atoms with Crippen molar-refractivity contribution in [2.45, 2.75) is 12.6 Å². The van der Waals surface area contributed by atoms with E-state index in [1.165, 1.54) is 6.07 Å². The molecule has 0 radical (unpaired) electrons. The Kier molecular flexibility index (Phi) is 5.91. The molecule has 21 heavy (non-hydrogen) atoms. The number of aromatic nitrogens is 1. The van der Waals surface area contributed by atoms with Crippen LogP contribution in [0, 0.1) is 0 Å². The SMILES string of the molecule is CN(C)CCCN(C)c1nc(C(F)(F)F)ccc1C(N)=S. The number of thiocarbonyl (C=S) groups is 1. The third-order valence-corrected chi connectivity index (χ3v) is 3.11. The first-order chi connectivity index (χ1) is 9.62. The Labute approximate surface area is 127 Å². The Hall–Kier alpha value is -1.41. The molecule has 118 valence electrons. The molecule has 0 aromatic carbocycles. The van der Waals surface area contributed by atoms with E-state index in [1.807, 2.05) is 19.0 Å². The Morgan fingerprint density at radius 1 is 1.24 bits per heavy atom. The first kappa shape index (κ1) is 17.6. The maximum absolute atomic E-state index is 12.8. The summed E-state index contributed by atoms with van der Waals surface area (Å²) in [5.74, 6) is 0.163. The molecule has 0 atom stereocenters. The molecule has 1 rings (SSSR count). The Bertz CT molecular complexity index is 503. The van der Waals surface area contributed by atoms with Gasteiger partial charge in [-0.05, 0) is 39.2 Å². The van der Waals surface area contributed by atoms with Crippen LogP contribution in [0.3, 0.4) is 0 Å². The van der Waals surface area contributed by atoms with Gasteiger partial charge in [-0.1, -0.05) is 12.2 Å². The number of anilines is 1. The van der Waals surface area contributed by atoms with E-state index >= 15 is 0 Å². The van der Waals surface area contributed by atoms with E-state index < -0.39 is 11.9 Å². The summed E-state index contributed by atoms with van der Waals surface area (Å²) < 4.78 is 38.3. The van der Waals surface area contributed by atoms with E-state index in [9.17, 15) is 13.2 Å². The van der Waals surface area contributed by atoms with E-state index in [1.54, 1.807) is 11.9 Å². The van der Waals surface area contributed by atoms with Gasteiger partial charge in [-0.3, -0.25) is 0 Å². The topological polar surface area (TPSA) is 45.4 Å². The first-order valence-electron chi connectivity index (χ1n) is 6.37. The van der Waals surface area contributed by atoms with E-state index in [-0.39, 0.29) is 10.8 Å². The van der Waals surface area contributed by atoms with Crippen LogP contribution in [0.15, 0.2) is 12.1 Å². The van der Waals surface area contributed by atoms with Gasteiger partial charge in [0.05, 0.1) is 5.56 Å². The van der Waals surface area contributed by atoms with Gasteiger partial charge in [-0.25, -0.2) is 4.98 Å². The monoisotopic (exact) mass is 320 g/mol. The number of alkyl halides is 3. The lowest BCUT2D eigenvalue weighted by Gasteiger charge is -2.23. The standard InChI is InChI=1S/C13H19F3N4S/c1-19(2)7-4-8-20(3)12-9(11(17)21)5-6-10(18-12)13(14,15)16/h5-6H,4,7-8H2,1-3H3,(H2,17,21). The molecule has 8 heteroatoms.